The molecule has 2 fully saturated rings. The van der Waals surface area contributed by atoms with Gasteiger partial charge in [0.15, 0.2) is 0 Å². The summed E-state index contributed by atoms with van der Waals surface area (Å²) in [6, 6.07) is 8.21. The van der Waals surface area contributed by atoms with Crippen LogP contribution < -0.4 is 5.32 Å². The summed E-state index contributed by atoms with van der Waals surface area (Å²) in [4.78, 5) is 21.4. The predicted molar refractivity (Wildman–Crippen MR) is 101 cm³/mol. The Kier molecular flexibility index (Phi) is 4.67. The average molecular weight is 356 g/mol. The number of carbonyl (C=O) groups is 1. The first kappa shape index (κ1) is 16.8. The van der Waals surface area contributed by atoms with Gasteiger partial charge >= 0.3 is 0 Å². The van der Waals surface area contributed by atoms with Gasteiger partial charge in [-0.05, 0) is 56.9 Å². The second kappa shape index (κ2) is 6.94. The van der Waals surface area contributed by atoms with Gasteiger partial charge in [0, 0.05) is 11.4 Å². The first-order valence-corrected chi connectivity index (χ1v) is 10.2. The fourth-order valence-corrected chi connectivity index (χ4v) is 5.57. The van der Waals surface area contributed by atoms with Crippen LogP contribution >= 0.6 is 11.8 Å². The highest BCUT2D eigenvalue weighted by atomic mass is 32.2. The van der Waals surface area contributed by atoms with Gasteiger partial charge in [-0.15, -0.1) is 0 Å². The van der Waals surface area contributed by atoms with E-state index in [1.54, 1.807) is 6.33 Å². The molecule has 5 atom stereocenters. The van der Waals surface area contributed by atoms with Crippen molar-refractivity contribution < 1.29 is 4.79 Å². The fraction of sp³-hybridized carbons (Fsp3) is 0.550. The van der Waals surface area contributed by atoms with Gasteiger partial charge in [-0.25, -0.2) is 9.97 Å². The number of hydrogen-bond donors (Lipinski definition) is 1. The van der Waals surface area contributed by atoms with Crippen molar-refractivity contribution >= 4 is 28.6 Å². The molecule has 2 aliphatic carbocycles. The first-order valence-electron chi connectivity index (χ1n) is 9.28. The van der Waals surface area contributed by atoms with Crippen molar-refractivity contribution in [3.05, 3.63) is 30.6 Å². The molecule has 5 unspecified atom stereocenters. The molecule has 2 aliphatic rings. The van der Waals surface area contributed by atoms with Gasteiger partial charge in [-0.1, -0.05) is 36.4 Å². The first-order chi connectivity index (χ1) is 12.1. The minimum Gasteiger partial charge on any atom is -0.352 e. The Morgan fingerprint density at radius 3 is 2.80 bits per heavy atom. The van der Waals surface area contributed by atoms with E-state index in [1.165, 1.54) is 37.4 Å². The van der Waals surface area contributed by atoms with Crippen molar-refractivity contribution in [2.75, 3.05) is 0 Å². The smallest absolute Gasteiger partial charge is 0.233 e. The van der Waals surface area contributed by atoms with Gasteiger partial charge in [0.05, 0.1) is 10.8 Å². The van der Waals surface area contributed by atoms with E-state index in [-0.39, 0.29) is 17.2 Å². The van der Waals surface area contributed by atoms with Gasteiger partial charge in [-0.2, -0.15) is 0 Å². The summed E-state index contributed by atoms with van der Waals surface area (Å²) in [5.41, 5.74) is 0.919. The number of aromatic nitrogens is 2. The highest BCUT2D eigenvalue weighted by molar-refractivity contribution is 8.00. The molecule has 1 heterocycles. The van der Waals surface area contributed by atoms with Gasteiger partial charge < -0.3 is 5.32 Å². The summed E-state index contributed by atoms with van der Waals surface area (Å²) in [5.74, 6) is 2.52. The third-order valence-electron chi connectivity index (χ3n) is 5.97. The van der Waals surface area contributed by atoms with E-state index in [0.717, 1.165) is 27.8 Å². The Labute approximate surface area is 153 Å². The lowest BCUT2D eigenvalue weighted by Crippen LogP contribution is -2.43. The highest BCUT2D eigenvalue weighted by Gasteiger charge is 2.42. The van der Waals surface area contributed by atoms with E-state index in [9.17, 15) is 4.79 Å². The zero-order valence-corrected chi connectivity index (χ0v) is 15.6. The summed E-state index contributed by atoms with van der Waals surface area (Å²) in [6.07, 6.45) is 7.00. The van der Waals surface area contributed by atoms with Crippen LogP contribution in [0.3, 0.4) is 0 Å². The van der Waals surface area contributed by atoms with Crippen LogP contribution in [0.2, 0.25) is 0 Å². The summed E-state index contributed by atoms with van der Waals surface area (Å²) >= 11 is 1.52. The third-order valence-corrected chi connectivity index (χ3v) is 7.09. The van der Waals surface area contributed by atoms with Crippen molar-refractivity contribution in [1.29, 1.82) is 0 Å². The lowest BCUT2D eigenvalue weighted by molar-refractivity contribution is -0.121. The van der Waals surface area contributed by atoms with Crippen LogP contribution in [0.4, 0.5) is 0 Å². The molecule has 1 aromatic heterocycles. The molecule has 0 spiro atoms. The number of benzene rings is 1. The Hall–Kier alpha value is -1.62. The number of para-hydroxylation sites is 1. The molecule has 25 heavy (non-hydrogen) atoms. The van der Waals surface area contributed by atoms with Crippen LogP contribution in [-0.2, 0) is 4.79 Å². The Bertz CT molecular complexity index is 775. The van der Waals surface area contributed by atoms with Crippen LogP contribution in [0.5, 0.6) is 0 Å². The number of rotatable bonds is 5. The molecule has 1 N–H and O–H groups in total. The quantitative estimate of drug-likeness (QED) is 0.649. The number of amides is 1. The SMILES string of the molecule is CC(Sc1ncnc2ccccc12)C(=O)NC(C)C1CC2CCC1C2. The molecule has 0 saturated heterocycles. The molecule has 1 amide bonds. The lowest BCUT2D eigenvalue weighted by atomic mass is 9.84. The predicted octanol–water partition coefficient (Wildman–Crippen LogP) is 4.05. The van der Waals surface area contributed by atoms with E-state index < -0.39 is 0 Å². The summed E-state index contributed by atoms with van der Waals surface area (Å²) in [6.45, 7) is 4.14. The van der Waals surface area contributed by atoms with Gasteiger partial charge in [-0.3, -0.25) is 4.79 Å². The zero-order valence-electron chi connectivity index (χ0n) is 14.8. The molecule has 1 aromatic carbocycles. The van der Waals surface area contributed by atoms with E-state index >= 15 is 0 Å². The van der Waals surface area contributed by atoms with Crippen molar-refractivity contribution in [2.24, 2.45) is 17.8 Å². The number of hydrogen-bond acceptors (Lipinski definition) is 4. The van der Waals surface area contributed by atoms with E-state index in [4.69, 9.17) is 0 Å². The van der Waals surface area contributed by atoms with E-state index in [0.29, 0.717) is 5.92 Å². The van der Waals surface area contributed by atoms with Crippen molar-refractivity contribution in [1.82, 2.24) is 15.3 Å². The van der Waals surface area contributed by atoms with Crippen LogP contribution in [0.15, 0.2) is 35.6 Å². The topological polar surface area (TPSA) is 54.9 Å². The second-order valence-corrected chi connectivity index (χ2v) is 8.92. The van der Waals surface area contributed by atoms with Crippen LogP contribution in [0.1, 0.15) is 39.5 Å². The molecule has 2 aromatic rings. The van der Waals surface area contributed by atoms with Crippen LogP contribution in [-0.4, -0.2) is 27.2 Å². The summed E-state index contributed by atoms with van der Waals surface area (Å²) in [7, 11) is 0. The number of thioether (sulfide) groups is 1. The average Bonchev–Trinajstić information content (AvgIpc) is 3.25. The zero-order chi connectivity index (χ0) is 17.4. The third kappa shape index (κ3) is 3.39. The molecule has 2 bridgehead atoms. The van der Waals surface area contributed by atoms with Gasteiger partial charge in [0.2, 0.25) is 5.91 Å². The molecule has 132 valence electrons. The molecule has 0 aliphatic heterocycles. The second-order valence-electron chi connectivity index (χ2n) is 7.59. The van der Waals surface area contributed by atoms with Crippen LogP contribution in [0.25, 0.3) is 10.9 Å². The maximum Gasteiger partial charge on any atom is 0.233 e. The number of fused-ring (bicyclic) bond motifs is 3. The number of nitrogens with zero attached hydrogens (tertiary/aromatic N) is 2. The summed E-state index contributed by atoms with van der Waals surface area (Å²) in [5, 5.41) is 4.99. The Morgan fingerprint density at radius 1 is 1.20 bits per heavy atom. The number of carbonyl (C=O) groups excluding carboxylic acids is 1. The lowest BCUT2D eigenvalue weighted by Gasteiger charge is -2.29. The molecular formula is C20H25N3OS. The molecule has 0 radical (unpaired) electrons. The van der Waals surface area contributed by atoms with Gasteiger partial charge in [0.25, 0.3) is 0 Å². The summed E-state index contributed by atoms with van der Waals surface area (Å²) < 4.78 is 0. The monoisotopic (exact) mass is 355 g/mol. The molecular weight excluding hydrogens is 330 g/mol. The standard InChI is InChI=1S/C20H25N3OS/c1-12(17-10-14-7-8-15(17)9-14)23-19(24)13(2)25-20-16-5-3-4-6-18(16)21-11-22-20/h3-6,11-15,17H,7-10H2,1-2H3,(H,23,24). The van der Waals surface area contributed by atoms with Crippen molar-refractivity contribution in [2.45, 2.75) is 55.8 Å². The molecule has 4 rings (SSSR count). The maximum absolute atomic E-state index is 12.7. The maximum atomic E-state index is 12.7. The Morgan fingerprint density at radius 2 is 2.04 bits per heavy atom. The minimum absolute atomic E-state index is 0.114. The molecule has 4 nitrogen and oxygen atoms in total. The fourth-order valence-electron chi connectivity index (χ4n) is 4.65. The van der Waals surface area contributed by atoms with Crippen molar-refractivity contribution in [3.8, 4) is 0 Å². The Balaban J connectivity index is 1.40. The molecule has 2 saturated carbocycles. The largest absolute Gasteiger partial charge is 0.352 e. The normalized spacial score (nSPS) is 27.4. The van der Waals surface area contributed by atoms with Gasteiger partial charge in [0.1, 0.15) is 11.4 Å². The minimum atomic E-state index is -0.167. The van der Waals surface area contributed by atoms with Crippen molar-refractivity contribution in [3.63, 3.8) is 0 Å². The molecule has 5 heteroatoms. The van der Waals surface area contributed by atoms with E-state index in [2.05, 4.69) is 22.2 Å². The van der Waals surface area contributed by atoms with Crippen LogP contribution in [0, 0.1) is 17.8 Å². The van der Waals surface area contributed by atoms with E-state index in [1.807, 2.05) is 31.2 Å². The highest BCUT2D eigenvalue weighted by Crippen LogP contribution is 2.49. The number of nitrogens with one attached hydrogen (secondary N) is 1.